The molecule has 0 aliphatic heterocycles. The molecule has 0 aliphatic rings. The zero-order valence-corrected chi connectivity index (χ0v) is 12.0. The number of para-hydroxylation sites is 1. The lowest BCUT2D eigenvalue weighted by Gasteiger charge is -2.03. The van der Waals surface area contributed by atoms with Gasteiger partial charge in [0, 0.05) is 5.56 Å². The largest absolute Gasteiger partial charge is 0.508 e. The number of pyridine rings is 1. The van der Waals surface area contributed by atoms with Crippen LogP contribution in [0, 0.1) is 0 Å². The Labute approximate surface area is 116 Å². The number of rotatable bonds is 3. The number of anilines is 1. The topological polar surface area (TPSA) is 46.4 Å². The molecule has 0 spiro atoms. The van der Waals surface area contributed by atoms with E-state index in [4.69, 9.17) is 0 Å². The van der Waals surface area contributed by atoms with E-state index in [2.05, 4.69) is 42.2 Å². The Balaban J connectivity index is 2.10. The minimum atomic E-state index is 0.299. The molecule has 2 aromatic rings. The molecular formula is C12H11Br2N2O+. The molecule has 17 heavy (non-hydrogen) atoms. The van der Waals surface area contributed by atoms with Crippen LogP contribution >= 0.6 is 31.9 Å². The number of aromatic hydroxyl groups is 1. The van der Waals surface area contributed by atoms with Crippen molar-refractivity contribution in [1.82, 2.24) is 0 Å². The lowest BCUT2D eigenvalue weighted by molar-refractivity contribution is -0.362. The summed E-state index contributed by atoms with van der Waals surface area (Å²) in [5.74, 6) is 1.17. The fourth-order valence-corrected chi connectivity index (χ4v) is 2.58. The SMILES string of the molecule is Oc1ccccc1CNc1[nH+]cc(Br)cc1Br. The van der Waals surface area contributed by atoms with Crippen molar-refractivity contribution in [2.24, 2.45) is 0 Å². The number of H-pyrrole nitrogens is 1. The lowest BCUT2D eigenvalue weighted by atomic mass is 10.2. The highest BCUT2D eigenvalue weighted by atomic mass is 79.9. The smallest absolute Gasteiger partial charge is 0.287 e. The zero-order valence-electron chi connectivity index (χ0n) is 8.87. The van der Waals surface area contributed by atoms with Crippen molar-refractivity contribution in [2.75, 3.05) is 5.32 Å². The van der Waals surface area contributed by atoms with Crippen LogP contribution in [0.5, 0.6) is 5.75 Å². The van der Waals surface area contributed by atoms with Crippen LogP contribution in [-0.2, 0) is 6.54 Å². The quantitative estimate of drug-likeness (QED) is 0.883. The Hall–Kier alpha value is -1.07. The van der Waals surface area contributed by atoms with Gasteiger partial charge in [-0.2, -0.15) is 0 Å². The van der Waals surface area contributed by atoms with Gasteiger partial charge in [0.05, 0.1) is 4.47 Å². The van der Waals surface area contributed by atoms with Gasteiger partial charge in [0.15, 0.2) is 0 Å². The molecule has 0 fully saturated rings. The number of aromatic amines is 1. The van der Waals surface area contributed by atoms with Crippen LogP contribution in [0.4, 0.5) is 5.82 Å². The van der Waals surface area contributed by atoms with Gasteiger partial charge in [0.25, 0.3) is 5.82 Å². The number of aromatic nitrogens is 1. The number of hydrogen-bond donors (Lipinski definition) is 2. The third-order valence-electron chi connectivity index (χ3n) is 2.31. The molecular weight excluding hydrogens is 348 g/mol. The van der Waals surface area contributed by atoms with Crippen LogP contribution in [0.15, 0.2) is 45.5 Å². The third-order valence-corrected chi connectivity index (χ3v) is 3.39. The van der Waals surface area contributed by atoms with Gasteiger partial charge in [-0.25, -0.2) is 4.98 Å². The molecule has 3 N–H and O–H groups in total. The molecule has 0 amide bonds. The van der Waals surface area contributed by atoms with Crippen LogP contribution in [0.2, 0.25) is 0 Å². The number of phenolic OH excluding ortho intramolecular Hbond substituents is 1. The molecule has 0 unspecified atom stereocenters. The second kappa shape index (κ2) is 5.51. The summed E-state index contributed by atoms with van der Waals surface area (Å²) in [6, 6.07) is 9.22. The first-order chi connectivity index (χ1) is 8.16. The highest BCUT2D eigenvalue weighted by Gasteiger charge is 2.09. The fourth-order valence-electron chi connectivity index (χ4n) is 1.42. The van der Waals surface area contributed by atoms with E-state index in [0.29, 0.717) is 12.3 Å². The van der Waals surface area contributed by atoms with Gasteiger partial charge in [-0.15, -0.1) is 0 Å². The summed E-state index contributed by atoms with van der Waals surface area (Å²) in [5, 5.41) is 12.8. The Morgan fingerprint density at radius 2 is 2.00 bits per heavy atom. The number of nitrogens with one attached hydrogen (secondary N) is 2. The maximum Gasteiger partial charge on any atom is 0.287 e. The van der Waals surface area contributed by atoms with E-state index in [1.807, 2.05) is 24.4 Å². The maximum absolute atomic E-state index is 9.63. The first-order valence-corrected chi connectivity index (χ1v) is 6.63. The lowest BCUT2D eigenvalue weighted by Crippen LogP contribution is -2.13. The maximum atomic E-state index is 9.63. The number of phenols is 1. The minimum Gasteiger partial charge on any atom is -0.508 e. The van der Waals surface area contributed by atoms with E-state index in [1.54, 1.807) is 12.1 Å². The summed E-state index contributed by atoms with van der Waals surface area (Å²) in [6.45, 7) is 0.559. The molecule has 0 saturated heterocycles. The molecule has 2 rings (SSSR count). The Morgan fingerprint density at radius 3 is 2.71 bits per heavy atom. The van der Waals surface area contributed by atoms with Crippen LogP contribution in [0.1, 0.15) is 5.56 Å². The number of halogens is 2. The van der Waals surface area contributed by atoms with Crippen molar-refractivity contribution in [3.8, 4) is 5.75 Å². The highest BCUT2D eigenvalue weighted by Crippen LogP contribution is 2.22. The van der Waals surface area contributed by atoms with Gasteiger partial charge in [-0.1, -0.05) is 18.2 Å². The van der Waals surface area contributed by atoms with Crippen molar-refractivity contribution in [3.05, 3.63) is 51.0 Å². The van der Waals surface area contributed by atoms with Gasteiger partial charge in [0.1, 0.15) is 23.0 Å². The second-order valence-corrected chi connectivity index (χ2v) is 5.29. The summed E-state index contributed by atoms with van der Waals surface area (Å²) < 4.78 is 1.90. The molecule has 1 heterocycles. The standard InChI is InChI=1S/C12H10Br2N2O/c13-9-5-10(14)12(16-7-9)15-6-8-3-1-2-4-11(8)17/h1-5,7,17H,6H2,(H,15,16)/p+1. The van der Waals surface area contributed by atoms with Gasteiger partial charge in [-0.3, -0.25) is 5.32 Å². The molecule has 3 nitrogen and oxygen atoms in total. The van der Waals surface area contributed by atoms with E-state index in [0.717, 1.165) is 20.3 Å². The molecule has 1 aromatic carbocycles. The van der Waals surface area contributed by atoms with Gasteiger partial charge >= 0.3 is 0 Å². The van der Waals surface area contributed by atoms with Crippen molar-refractivity contribution in [3.63, 3.8) is 0 Å². The van der Waals surface area contributed by atoms with Crippen LogP contribution in [-0.4, -0.2) is 5.11 Å². The summed E-state index contributed by atoms with van der Waals surface area (Å²) in [5.41, 5.74) is 0.857. The molecule has 0 aliphatic carbocycles. The molecule has 0 saturated carbocycles. The van der Waals surface area contributed by atoms with Gasteiger partial charge < -0.3 is 5.11 Å². The Kier molecular flexibility index (Phi) is 4.02. The average Bonchev–Trinajstić information content (AvgIpc) is 2.30. The third kappa shape index (κ3) is 3.20. The molecule has 0 atom stereocenters. The molecule has 88 valence electrons. The number of hydrogen-bond acceptors (Lipinski definition) is 2. The summed E-state index contributed by atoms with van der Waals surface area (Å²) >= 11 is 6.83. The normalized spacial score (nSPS) is 10.2. The first kappa shape index (κ1) is 12.4. The summed E-state index contributed by atoms with van der Waals surface area (Å²) in [7, 11) is 0. The highest BCUT2D eigenvalue weighted by molar-refractivity contribution is 9.11. The van der Waals surface area contributed by atoms with E-state index in [1.165, 1.54) is 0 Å². The average molecular weight is 359 g/mol. The Morgan fingerprint density at radius 1 is 1.24 bits per heavy atom. The molecule has 0 bridgehead atoms. The monoisotopic (exact) mass is 357 g/mol. The van der Waals surface area contributed by atoms with Crippen LogP contribution in [0.3, 0.4) is 0 Å². The fraction of sp³-hybridized carbons (Fsp3) is 0.0833. The predicted molar refractivity (Wildman–Crippen MR) is 73.8 cm³/mol. The van der Waals surface area contributed by atoms with E-state index in [-0.39, 0.29) is 0 Å². The molecule has 1 aromatic heterocycles. The summed E-state index contributed by atoms with van der Waals surface area (Å²) in [4.78, 5) is 3.11. The van der Waals surface area contributed by atoms with Crippen LogP contribution in [0.25, 0.3) is 0 Å². The first-order valence-electron chi connectivity index (χ1n) is 5.04. The van der Waals surface area contributed by atoms with E-state index < -0.39 is 0 Å². The van der Waals surface area contributed by atoms with E-state index in [9.17, 15) is 5.11 Å². The van der Waals surface area contributed by atoms with Crippen LogP contribution < -0.4 is 10.3 Å². The second-order valence-electron chi connectivity index (χ2n) is 3.52. The van der Waals surface area contributed by atoms with Crippen molar-refractivity contribution in [2.45, 2.75) is 6.54 Å². The number of benzene rings is 1. The minimum absolute atomic E-state index is 0.299. The Bertz CT molecular complexity index is 532. The van der Waals surface area contributed by atoms with Crippen molar-refractivity contribution in [1.29, 1.82) is 0 Å². The summed E-state index contributed by atoms with van der Waals surface area (Å²) in [6.07, 6.45) is 1.85. The molecule has 5 heteroatoms. The van der Waals surface area contributed by atoms with Crippen molar-refractivity contribution < 1.29 is 10.1 Å². The van der Waals surface area contributed by atoms with E-state index >= 15 is 0 Å². The van der Waals surface area contributed by atoms with Crippen molar-refractivity contribution >= 4 is 37.7 Å². The van der Waals surface area contributed by atoms with Gasteiger partial charge in [-0.05, 0) is 44.0 Å². The molecule has 0 radical (unpaired) electrons. The van der Waals surface area contributed by atoms with Gasteiger partial charge in [0.2, 0.25) is 0 Å². The predicted octanol–water partition coefficient (Wildman–Crippen LogP) is 3.34. The zero-order chi connectivity index (χ0) is 12.3.